The van der Waals surface area contributed by atoms with E-state index < -0.39 is 17.7 Å². The highest BCUT2D eigenvalue weighted by atomic mass is 19.1. The van der Waals surface area contributed by atoms with E-state index in [4.69, 9.17) is 9.84 Å². The van der Waals surface area contributed by atoms with Crippen LogP contribution < -0.4 is 15.4 Å². The van der Waals surface area contributed by atoms with Crippen molar-refractivity contribution < 1.29 is 23.4 Å². The van der Waals surface area contributed by atoms with Gasteiger partial charge in [0, 0.05) is 6.54 Å². The van der Waals surface area contributed by atoms with E-state index in [9.17, 15) is 13.6 Å². The molecular weight excluding hydrogens is 318 g/mol. The van der Waals surface area contributed by atoms with E-state index in [1.54, 1.807) is 19.1 Å². The highest BCUT2D eigenvalue weighted by Gasteiger charge is 2.10. The summed E-state index contributed by atoms with van der Waals surface area (Å²) < 4.78 is 32.8. The van der Waals surface area contributed by atoms with Crippen LogP contribution in [-0.2, 0) is 6.54 Å². The Balaban J connectivity index is 1.97. The number of ether oxygens (including phenoxy) is 1. The molecule has 0 aromatic heterocycles. The monoisotopic (exact) mass is 336 g/mol. The Morgan fingerprint density at radius 3 is 2.54 bits per heavy atom. The Morgan fingerprint density at radius 2 is 1.88 bits per heavy atom. The molecule has 2 rings (SSSR count). The Hall–Kier alpha value is -2.67. The van der Waals surface area contributed by atoms with Crippen LogP contribution >= 0.6 is 0 Å². The first-order chi connectivity index (χ1) is 11.5. The van der Waals surface area contributed by atoms with Crippen LogP contribution in [0.5, 0.6) is 11.5 Å². The van der Waals surface area contributed by atoms with Crippen LogP contribution in [0.15, 0.2) is 42.5 Å². The third-order valence-corrected chi connectivity index (χ3v) is 3.16. The maximum atomic E-state index is 14.0. The molecule has 0 saturated carbocycles. The zero-order valence-electron chi connectivity index (χ0n) is 13.1. The van der Waals surface area contributed by atoms with Crippen molar-refractivity contribution in [2.45, 2.75) is 19.5 Å². The van der Waals surface area contributed by atoms with Gasteiger partial charge in [-0.2, -0.15) is 0 Å². The van der Waals surface area contributed by atoms with Crippen molar-refractivity contribution in [3.8, 4) is 11.5 Å². The number of urea groups is 1. The molecule has 128 valence electrons. The smallest absolute Gasteiger partial charge is 0.315 e. The second-order valence-corrected chi connectivity index (χ2v) is 5.21. The number of carbonyl (C=O) groups excluding carboxylic acids is 1. The fraction of sp³-hybridized carbons (Fsp3) is 0.235. The number of carbonyl (C=O) groups is 1. The van der Waals surface area contributed by atoms with E-state index in [0.717, 1.165) is 0 Å². The molecule has 0 radical (unpaired) electrons. The lowest BCUT2D eigenvalue weighted by atomic mass is 10.2. The molecule has 2 aromatic rings. The number of aliphatic hydroxyl groups is 1. The molecule has 2 amide bonds. The zero-order chi connectivity index (χ0) is 17.5. The number of amides is 2. The molecule has 0 spiro atoms. The molecule has 24 heavy (non-hydrogen) atoms. The molecular formula is C17H18F2N2O3. The van der Waals surface area contributed by atoms with Gasteiger partial charge in [-0.25, -0.2) is 13.6 Å². The van der Waals surface area contributed by atoms with Crippen LogP contribution in [0.3, 0.4) is 0 Å². The zero-order valence-corrected chi connectivity index (χ0v) is 13.1. The molecule has 5 nitrogen and oxygen atoms in total. The number of aliphatic hydroxyl groups excluding tert-OH is 1. The predicted molar refractivity (Wildman–Crippen MR) is 84.8 cm³/mol. The summed E-state index contributed by atoms with van der Waals surface area (Å²) >= 11 is 0. The fourth-order valence-electron chi connectivity index (χ4n) is 1.89. The summed E-state index contributed by atoms with van der Waals surface area (Å²) in [5, 5.41) is 13.9. The van der Waals surface area contributed by atoms with Crippen molar-refractivity contribution in [1.29, 1.82) is 0 Å². The Bertz CT molecular complexity index is 710. The Labute approximate surface area is 138 Å². The first-order valence-corrected chi connectivity index (χ1v) is 7.35. The Morgan fingerprint density at radius 1 is 1.17 bits per heavy atom. The summed E-state index contributed by atoms with van der Waals surface area (Å²) in [6, 6.07) is 9.00. The maximum Gasteiger partial charge on any atom is 0.315 e. The molecule has 0 aliphatic heterocycles. The van der Waals surface area contributed by atoms with Gasteiger partial charge >= 0.3 is 6.03 Å². The third-order valence-electron chi connectivity index (χ3n) is 3.16. The van der Waals surface area contributed by atoms with E-state index in [-0.39, 0.29) is 30.7 Å². The molecule has 0 aliphatic carbocycles. The summed E-state index contributed by atoms with van der Waals surface area (Å²) in [4.78, 5) is 11.5. The van der Waals surface area contributed by atoms with Crippen molar-refractivity contribution in [1.82, 2.24) is 10.6 Å². The second-order valence-electron chi connectivity index (χ2n) is 5.21. The van der Waals surface area contributed by atoms with Gasteiger partial charge in [-0.05, 0) is 36.8 Å². The normalized spacial score (nSPS) is 11.7. The van der Waals surface area contributed by atoms with Gasteiger partial charge in [-0.3, -0.25) is 0 Å². The molecule has 0 saturated heterocycles. The fourth-order valence-corrected chi connectivity index (χ4v) is 1.89. The van der Waals surface area contributed by atoms with Crippen LogP contribution in [0.25, 0.3) is 0 Å². The summed E-state index contributed by atoms with van der Waals surface area (Å²) in [6.45, 7) is 1.57. The summed E-state index contributed by atoms with van der Waals surface area (Å²) in [5.41, 5.74) is 0.514. The maximum absolute atomic E-state index is 14.0. The number of hydrogen-bond acceptors (Lipinski definition) is 3. The number of nitrogens with one attached hydrogen (secondary N) is 2. The summed E-state index contributed by atoms with van der Waals surface area (Å²) in [6.07, 6.45) is 0. The SMILES string of the molecule is C[C@@H](CO)NC(=O)NCc1ccc(Oc2ccccc2F)c(F)c1. The van der Waals surface area contributed by atoms with Gasteiger partial charge in [-0.15, -0.1) is 0 Å². The van der Waals surface area contributed by atoms with Crippen LogP contribution in [0, 0.1) is 11.6 Å². The summed E-state index contributed by atoms with van der Waals surface area (Å²) in [5.74, 6) is -1.43. The van der Waals surface area contributed by atoms with Gasteiger partial charge in [0.2, 0.25) is 0 Å². The van der Waals surface area contributed by atoms with Crippen molar-refractivity contribution >= 4 is 6.03 Å². The molecule has 0 heterocycles. The first-order valence-electron chi connectivity index (χ1n) is 7.35. The first kappa shape index (κ1) is 17.7. The molecule has 2 aromatic carbocycles. The average Bonchev–Trinajstić information content (AvgIpc) is 2.57. The molecule has 3 N–H and O–H groups in total. The lowest BCUT2D eigenvalue weighted by molar-refractivity contribution is 0.220. The molecule has 0 aliphatic rings. The lowest BCUT2D eigenvalue weighted by Gasteiger charge is -2.12. The van der Waals surface area contributed by atoms with Gasteiger partial charge in [0.15, 0.2) is 23.1 Å². The summed E-state index contributed by atoms with van der Waals surface area (Å²) in [7, 11) is 0. The predicted octanol–water partition coefficient (Wildman–Crippen LogP) is 2.94. The average molecular weight is 336 g/mol. The van der Waals surface area contributed by atoms with Crippen molar-refractivity contribution in [3.05, 3.63) is 59.7 Å². The van der Waals surface area contributed by atoms with Gasteiger partial charge in [-0.1, -0.05) is 18.2 Å². The molecule has 0 bridgehead atoms. The third kappa shape index (κ3) is 4.92. The molecule has 0 fully saturated rings. The molecule has 7 heteroatoms. The molecule has 1 atom stereocenters. The largest absolute Gasteiger partial charge is 0.451 e. The van der Waals surface area contributed by atoms with E-state index in [2.05, 4.69) is 10.6 Å². The number of benzene rings is 2. The van der Waals surface area contributed by atoms with Crippen molar-refractivity contribution in [2.24, 2.45) is 0 Å². The van der Waals surface area contributed by atoms with E-state index in [1.165, 1.54) is 30.3 Å². The van der Waals surface area contributed by atoms with Crippen molar-refractivity contribution in [2.75, 3.05) is 6.61 Å². The highest BCUT2D eigenvalue weighted by molar-refractivity contribution is 5.74. The minimum Gasteiger partial charge on any atom is -0.451 e. The minimum absolute atomic E-state index is 0.0698. The minimum atomic E-state index is -0.665. The topological polar surface area (TPSA) is 70.6 Å². The molecule has 0 unspecified atom stereocenters. The van der Waals surface area contributed by atoms with Crippen LogP contribution in [0.4, 0.5) is 13.6 Å². The number of hydrogen-bond donors (Lipinski definition) is 3. The van der Waals surface area contributed by atoms with E-state index in [1.807, 2.05) is 0 Å². The number of para-hydroxylation sites is 1. The van der Waals surface area contributed by atoms with E-state index >= 15 is 0 Å². The van der Waals surface area contributed by atoms with Gasteiger partial charge in [0.05, 0.1) is 12.6 Å². The number of halogens is 2. The van der Waals surface area contributed by atoms with Gasteiger partial charge < -0.3 is 20.5 Å². The highest BCUT2D eigenvalue weighted by Crippen LogP contribution is 2.27. The quantitative estimate of drug-likeness (QED) is 0.759. The van der Waals surface area contributed by atoms with Gasteiger partial charge in [0.1, 0.15) is 0 Å². The standard InChI is InChI=1S/C17H18F2N2O3/c1-11(10-22)21-17(23)20-9-12-6-7-16(14(19)8-12)24-15-5-3-2-4-13(15)18/h2-8,11,22H,9-10H2,1H3,(H2,20,21,23)/t11-/m0/s1. The lowest BCUT2D eigenvalue weighted by Crippen LogP contribution is -2.41. The van der Waals surface area contributed by atoms with E-state index in [0.29, 0.717) is 5.56 Å². The Kier molecular flexibility index (Phi) is 6.08. The van der Waals surface area contributed by atoms with Crippen molar-refractivity contribution in [3.63, 3.8) is 0 Å². The van der Waals surface area contributed by atoms with Gasteiger partial charge in [0.25, 0.3) is 0 Å². The van der Waals surface area contributed by atoms with Crippen LogP contribution in [-0.4, -0.2) is 23.8 Å². The van der Waals surface area contributed by atoms with Crippen LogP contribution in [0.1, 0.15) is 12.5 Å². The number of rotatable bonds is 6. The second kappa shape index (κ2) is 8.26. The van der Waals surface area contributed by atoms with Crippen LogP contribution in [0.2, 0.25) is 0 Å².